The van der Waals surface area contributed by atoms with Crippen LogP contribution in [-0.2, 0) is 32.0 Å². The predicted molar refractivity (Wildman–Crippen MR) is 138 cm³/mol. The molecule has 236 valence electrons. The Morgan fingerprint density at radius 3 is 1.52 bits per heavy atom. The lowest BCUT2D eigenvalue weighted by atomic mass is 9.81. The maximum absolute atomic E-state index is 13.1. The molecule has 44 heavy (non-hydrogen) atoms. The molecule has 0 heterocycles. The number of ketones is 2. The minimum absolute atomic E-state index is 0.467. The molecule has 0 aromatic heterocycles. The number of benzene rings is 2. The number of rotatable bonds is 16. The second-order valence-corrected chi connectivity index (χ2v) is 9.29. The molecule has 0 spiro atoms. The molecule has 0 amide bonds. The fraction of sp³-hybridized carbons (Fsp3) is 0.308. The minimum atomic E-state index is -2.60. The van der Waals surface area contributed by atoms with Crippen LogP contribution in [-0.4, -0.2) is 111 Å². The van der Waals surface area contributed by atoms with Crippen LogP contribution in [0.2, 0.25) is 0 Å². The van der Waals surface area contributed by atoms with E-state index in [2.05, 4.69) is 0 Å². The van der Waals surface area contributed by atoms with E-state index >= 15 is 0 Å². The van der Waals surface area contributed by atoms with E-state index in [4.69, 9.17) is 10.2 Å². The van der Waals surface area contributed by atoms with Crippen LogP contribution in [0.4, 0.5) is 0 Å². The normalized spacial score (nSPS) is 12.3. The highest BCUT2D eigenvalue weighted by molar-refractivity contribution is 6.24. The van der Waals surface area contributed by atoms with Crippen molar-refractivity contribution in [2.24, 2.45) is 5.92 Å². The summed E-state index contributed by atoms with van der Waals surface area (Å²) in [5.74, 6) is -19.0. The molecule has 0 saturated carbocycles. The number of carbonyl (C=O) groups is 8. The number of carboxylic acids is 6. The smallest absolute Gasteiger partial charge is 0.340 e. The van der Waals surface area contributed by atoms with Gasteiger partial charge in [-0.15, -0.1) is 0 Å². The number of aliphatic carboxylic acids is 2. The van der Waals surface area contributed by atoms with E-state index in [1.807, 2.05) is 0 Å². The fourth-order valence-corrected chi connectivity index (χ4v) is 4.64. The Hall–Kier alpha value is -5.62. The van der Waals surface area contributed by atoms with Crippen molar-refractivity contribution in [3.63, 3.8) is 0 Å². The molecule has 0 radical (unpaired) electrons. The topological polar surface area (TPSA) is 339 Å². The van der Waals surface area contributed by atoms with Gasteiger partial charge in [0.05, 0.1) is 23.3 Å². The Morgan fingerprint density at radius 1 is 0.591 bits per heavy atom. The van der Waals surface area contributed by atoms with Crippen LogP contribution in [0.1, 0.15) is 71.8 Å². The first kappa shape index (κ1) is 34.6. The van der Waals surface area contributed by atoms with Crippen molar-refractivity contribution in [2.45, 2.75) is 38.2 Å². The van der Waals surface area contributed by atoms with Crippen LogP contribution in [0.15, 0.2) is 0 Å². The summed E-state index contributed by atoms with van der Waals surface area (Å²) in [4.78, 5) is 96.0. The fourth-order valence-electron chi connectivity index (χ4n) is 4.64. The van der Waals surface area contributed by atoms with Crippen LogP contribution >= 0.6 is 0 Å². The average Bonchev–Trinajstić information content (AvgIpc) is 2.91. The van der Waals surface area contributed by atoms with Gasteiger partial charge in [-0.25, -0.2) is 24.0 Å². The van der Waals surface area contributed by atoms with Gasteiger partial charge >= 0.3 is 35.8 Å². The molecule has 0 aliphatic rings. The zero-order valence-corrected chi connectivity index (χ0v) is 22.1. The van der Waals surface area contributed by atoms with Crippen LogP contribution < -0.4 is 0 Å². The Morgan fingerprint density at radius 2 is 1.09 bits per heavy atom. The molecule has 0 saturated heterocycles. The third kappa shape index (κ3) is 6.71. The first-order valence-electron chi connectivity index (χ1n) is 12.2. The lowest BCUT2D eigenvalue weighted by Crippen LogP contribution is -2.30. The molecule has 18 nitrogen and oxygen atoms in total. The number of phenols is 2. The van der Waals surface area contributed by atoms with E-state index in [-0.39, 0.29) is 0 Å². The Balaban J connectivity index is 3.17. The number of fused-ring (bicyclic) bond motifs is 1. The largest absolute Gasteiger partial charge is 0.507 e. The number of carboxylic acid groups (broad SMARTS) is 6. The Kier molecular flexibility index (Phi) is 10.7. The number of aromatic carboxylic acids is 4. The van der Waals surface area contributed by atoms with Crippen LogP contribution in [0.5, 0.6) is 11.5 Å². The minimum Gasteiger partial charge on any atom is -0.507 e. The number of phenolic OH excluding ortho intramolecular Hbond substituents is 1. The number of aliphatic hydroxyl groups excluding tert-OH is 2. The zero-order chi connectivity index (χ0) is 33.8. The van der Waals surface area contributed by atoms with Crippen LogP contribution in [0, 0.1) is 5.92 Å². The third-order valence-corrected chi connectivity index (χ3v) is 6.66. The van der Waals surface area contributed by atoms with Gasteiger partial charge in [0.2, 0.25) is 6.10 Å². The summed E-state index contributed by atoms with van der Waals surface area (Å²) < 4.78 is 0. The second-order valence-electron chi connectivity index (χ2n) is 9.29. The Bertz CT molecular complexity index is 1620. The zero-order valence-electron chi connectivity index (χ0n) is 22.1. The van der Waals surface area contributed by atoms with Crippen molar-refractivity contribution in [3.8, 4) is 11.5 Å². The van der Waals surface area contributed by atoms with Crippen LogP contribution in [0.3, 0.4) is 0 Å². The molecule has 2 aromatic rings. The quantitative estimate of drug-likeness (QED) is 0.106. The lowest BCUT2D eigenvalue weighted by Gasteiger charge is -2.22. The summed E-state index contributed by atoms with van der Waals surface area (Å²) in [7, 11) is 0. The molecule has 10 N–H and O–H groups in total. The highest BCUT2D eigenvalue weighted by atomic mass is 16.4. The summed E-state index contributed by atoms with van der Waals surface area (Å²) in [6, 6.07) is 0. The number of hydrogen-bond donors (Lipinski definition) is 10. The second kappa shape index (κ2) is 13.6. The first-order chi connectivity index (χ1) is 20.4. The number of hydrogen-bond acceptors (Lipinski definition) is 12. The van der Waals surface area contributed by atoms with E-state index in [0.717, 1.165) is 0 Å². The summed E-state index contributed by atoms with van der Waals surface area (Å²) in [5, 5.41) is 95.9. The SMILES string of the molecule is O=C(O)CCC(CO)C(=O)Cc1c(CCC(=O)C(O)C(=O)O)c(O)c2c(C(=O)O)c(C(=O)O)c(C(=O)O)c(O)c2c1C(=O)O. The monoisotopic (exact) mass is 624 g/mol. The van der Waals surface area contributed by atoms with Crippen molar-refractivity contribution in [2.75, 3.05) is 6.61 Å². The van der Waals surface area contributed by atoms with Crippen molar-refractivity contribution < 1.29 is 89.4 Å². The third-order valence-electron chi connectivity index (χ3n) is 6.66. The number of aliphatic hydroxyl groups is 2. The van der Waals surface area contributed by atoms with Crippen LogP contribution in [0.25, 0.3) is 10.8 Å². The standard InChI is InChI=1S/C26H24O18/c27-6-7(1-4-12(30)31)11(29)5-9-8(2-3-10(28)20(33)26(43)44)19(32)15-14(13(9)22(35)36)21(34)18(25(41)42)17(24(39)40)16(15)23(37)38/h7,20,27,32-34H,1-6H2,(H,30,31)(H,35,36)(H,37,38)(H,39,40)(H,41,42)(H,43,44). The molecule has 2 rings (SSSR count). The van der Waals surface area contributed by atoms with Gasteiger partial charge in [0.1, 0.15) is 22.8 Å². The Labute approximate surface area is 243 Å². The molecule has 0 aliphatic carbocycles. The number of Topliss-reactive ketones (excluding diaryl/α,β-unsaturated/α-hetero) is 2. The molecule has 2 atom stereocenters. The van der Waals surface area contributed by atoms with Gasteiger partial charge in [0.25, 0.3) is 0 Å². The molecule has 2 aromatic carbocycles. The van der Waals surface area contributed by atoms with Gasteiger partial charge in [0, 0.05) is 36.0 Å². The molecule has 0 bridgehead atoms. The van der Waals surface area contributed by atoms with E-state index < -0.39 is 154 Å². The van der Waals surface area contributed by atoms with E-state index in [1.165, 1.54) is 0 Å². The average molecular weight is 624 g/mol. The molecule has 18 heteroatoms. The lowest BCUT2D eigenvalue weighted by molar-refractivity contribution is -0.152. The predicted octanol–water partition coefficient (Wildman–Crippen LogP) is -0.424. The molecular weight excluding hydrogens is 600 g/mol. The maximum atomic E-state index is 13.1. The molecular formula is C26H24O18. The van der Waals surface area contributed by atoms with Crippen molar-refractivity contribution in [1.29, 1.82) is 0 Å². The van der Waals surface area contributed by atoms with Gasteiger partial charge in [-0.05, 0) is 24.0 Å². The highest BCUT2D eigenvalue weighted by Crippen LogP contribution is 2.46. The van der Waals surface area contributed by atoms with Gasteiger partial charge in [0.15, 0.2) is 5.78 Å². The first-order valence-corrected chi connectivity index (χ1v) is 12.2. The summed E-state index contributed by atoms with van der Waals surface area (Å²) in [5.41, 5.74) is -7.49. The van der Waals surface area contributed by atoms with E-state index in [1.54, 1.807) is 0 Å². The van der Waals surface area contributed by atoms with Gasteiger partial charge in [-0.2, -0.15) is 0 Å². The molecule has 0 aliphatic heterocycles. The van der Waals surface area contributed by atoms with Gasteiger partial charge in [-0.3, -0.25) is 14.4 Å². The maximum Gasteiger partial charge on any atom is 0.340 e. The van der Waals surface area contributed by atoms with E-state index in [9.17, 15) is 79.2 Å². The number of aromatic hydroxyl groups is 2. The molecule has 0 fully saturated rings. The van der Waals surface area contributed by atoms with Crippen molar-refractivity contribution in [1.82, 2.24) is 0 Å². The highest BCUT2D eigenvalue weighted by Gasteiger charge is 2.38. The van der Waals surface area contributed by atoms with E-state index in [0.29, 0.717) is 0 Å². The van der Waals surface area contributed by atoms with Crippen molar-refractivity contribution in [3.05, 3.63) is 33.4 Å². The summed E-state index contributed by atoms with van der Waals surface area (Å²) in [6.45, 7) is -0.952. The number of carbonyl (C=O) groups excluding carboxylic acids is 2. The summed E-state index contributed by atoms with van der Waals surface area (Å²) in [6.07, 6.45) is -6.75. The molecule has 2 unspecified atom stereocenters. The van der Waals surface area contributed by atoms with Gasteiger partial charge in [-0.1, -0.05) is 0 Å². The van der Waals surface area contributed by atoms with Gasteiger partial charge < -0.3 is 51.1 Å². The van der Waals surface area contributed by atoms with Crippen molar-refractivity contribution >= 4 is 58.2 Å². The summed E-state index contributed by atoms with van der Waals surface area (Å²) >= 11 is 0.